The Hall–Kier alpha value is -4.39. The van der Waals surface area contributed by atoms with Crippen LogP contribution in [0.3, 0.4) is 0 Å². The Kier molecular flexibility index (Phi) is 8.93. The first-order valence-electron chi connectivity index (χ1n) is 12.7. The molecule has 196 valence electrons. The molecule has 38 heavy (non-hydrogen) atoms. The van der Waals surface area contributed by atoms with Gasteiger partial charge in [0.15, 0.2) is 11.5 Å². The second kappa shape index (κ2) is 12.7. The quantitative estimate of drug-likeness (QED) is 0.274. The third kappa shape index (κ3) is 6.88. The normalized spacial score (nSPS) is 10.8. The highest BCUT2D eigenvalue weighted by Gasteiger charge is 2.22. The fourth-order valence-corrected chi connectivity index (χ4v) is 4.26. The maximum atomic E-state index is 13.3. The van der Waals surface area contributed by atoms with Crippen molar-refractivity contribution >= 4 is 11.8 Å². The fourth-order valence-electron chi connectivity index (χ4n) is 4.26. The molecule has 1 aromatic heterocycles. The molecule has 0 aliphatic rings. The Morgan fingerprint density at radius 3 is 2.45 bits per heavy atom. The van der Waals surface area contributed by atoms with Crippen molar-refractivity contribution in [3.05, 3.63) is 96.2 Å². The van der Waals surface area contributed by atoms with E-state index < -0.39 is 0 Å². The number of methoxy groups -OCH3 is 1. The Labute approximate surface area is 223 Å². The van der Waals surface area contributed by atoms with Crippen LogP contribution in [0.25, 0.3) is 22.5 Å². The molecule has 1 heterocycles. The topological polar surface area (TPSA) is 84.7 Å². The summed E-state index contributed by atoms with van der Waals surface area (Å²) < 4.78 is 10.7. The predicted molar refractivity (Wildman–Crippen MR) is 148 cm³/mol. The van der Waals surface area contributed by atoms with Crippen molar-refractivity contribution in [2.75, 3.05) is 20.2 Å². The lowest BCUT2D eigenvalue weighted by Gasteiger charge is -2.23. The van der Waals surface area contributed by atoms with Crippen LogP contribution in [-0.2, 0) is 11.3 Å². The largest absolute Gasteiger partial charge is 0.497 e. The number of rotatable bonds is 11. The molecule has 7 nitrogen and oxygen atoms in total. The molecular formula is C31H33N3O4. The molecule has 0 unspecified atom stereocenters. The van der Waals surface area contributed by atoms with Crippen LogP contribution in [0.2, 0.25) is 0 Å². The summed E-state index contributed by atoms with van der Waals surface area (Å²) in [5, 5.41) is 7.02. The third-order valence-corrected chi connectivity index (χ3v) is 6.14. The van der Waals surface area contributed by atoms with Gasteiger partial charge in [0.2, 0.25) is 5.91 Å². The van der Waals surface area contributed by atoms with Gasteiger partial charge in [0.05, 0.1) is 7.11 Å². The maximum absolute atomic E-state index is 13.3. The van der Waals surface area contributed by atoms with E-state index in [-0.39, 0.29) is 36.4 Å². The summed E-state index contributed by atoms with van der Waals surface area (Å²) in [6.07, 6.45) is 0.187. The minimum absolute atomic E-state index is 0.119. The van der Waals surface area contributed by atoms with Crippen molar-refractivity contribution in [1.82, 2.24) is 15.4 Å². The van der Waals surface area contributed by atoms with Gasteiger partial charge in [0, 0.05) is 37.7 Å². The molecule has 0 aliphatic carbocycles. The molecule has 0 spiro atoms. The Bertz CT molecular complexity index is 1360. The summed E-state index contributed by atoms with van der Waals surface area (Å²) in [4.78, 5) is 27.7. The van der Waals surface area contributed by atoms with Crippen LogP contribution in [0.1, 0.15) is 36.3 Å². The van der Waals surface area contributed by atoms with E-state index in [0.29, 0.717) is 24.6 Å². The van der Waals surface area contributed by atoms with Gasteiger partial charge in [-0.2, -0.15) is 0 Å². The number of hydrogen-bond donors (Lipinski definition) is 1. The van der Waals surface area contributed by atoms with Gasteiger partial charge in [-0.25, -0.2) is 0 Å². The summed E-state index contributed by atoms with van der Waals surface area (Å²) in [5.41, 5.74) is 4.20. The van der Waals surface area contributed by atoms with Crippen LogP contribution in [0.4, 0.5) is 0 Å². The van der Waals surface area contributed by atoms with Gasteiger partial charge in [-0.05, 0) is 34.7 Å². The van der Waals surface area contributed by atoms with Gasteiger partial charge in [0.25, 0.3) is 5.91 Å². The lowest BCUT2D eigenvalue weighted by molar-refractivity contribution is -0.121. The number of carbonyl (C=O) groups is 2. The molecule has 0 atom stereocenters. The van der Waals surface area contributed by atoms with E-state index in [9.17, 15) is 9.59 Å². The van der Waals surface area contributed by atoms with E-state index in [2.05, 4.69) is 28.7 Å². The molecule has 1 N–H and O–H groups in total. The molecule has 7 heteroatoms. The zero-order valence-electron chi connectivity index (χ0n) is 22.0. The van der Waals surface area contributed by atoms with Crippen molar-refractivity contribution in [2.24, 2.45) is 5.92 Å². The predicted octanol–water partition coefficient (Wildman–Crippen LogP) is 5.82. The van der Waals surface area contributed by atoms with Gasteiger partial charge in [-0.15, -0.1) is 0 Å². The summed E-state index contributed by atoms with van der Waals surface area (Å²) in [6.45, 7) is 5.26. The van der Waals surface area contributed by atoms with Crippen molar-refractivity contribution < 1.29 is 18.8 Å². The van der Waals surface area contributed by atoms with E-state index in [1.807, 2.05) is 74.5 Å². The molecule has 4 rings (SSSR count). The van der Waals surface area contributed by atoms with Crippen LogP contribution in [0.15, 0.2) is 89.5 Å². The van der Waals surface area contributed by atoms with Crippen LogP contribution in [0.5, 0.6) is 5.75 Å². The van der Waals surface area contributed by atoms with Crippen molar-refractivity contribution in [1.29, 1.82) is 0 Å². The molecule has 0 saturated heterocycles. The average molecular weight is 512 g/mol. The zero-order chi connectivity index (χ0) is 26.9. The second-order valence-corrected chi connectivity index (χ2v) is 9.50. The number of benzene rings is 3. The summed E-state index contributed by atoms with van der Waals surface area (Å²) in [7, 11) is 1.59. The van der Waals surface area contributed by atoms with E-state index in [0.717, 1.165) is 22.3 Å². The van der Waals surface area contributed by atoms with Crippen LogP contribution < -0.4 is 10.1 Å². The number of carbonyl (C=O) groups excluding carboxylic acids is 2. The SMILES string of the molecule is COc1cccc(-c2cc(C(=O)N(CCC(=O)NCc3ccccc3-c3ccccc3)CC(C)C)no2)c1. The summed E-state index contributed by atoms with van der Waals surface area (Å²) in [5.74, 6) is 1.01. The number of nitrogens with zero attached hydrogens (tertiary/aromatic N) is 2. The molecule has 3 aromatic carbocycles. The smallest absolute Gasteiger partial charge is 0.276 e. The third-order valence-electron chi connectivity index (χ3n) is 6.14. The minimum atomic E-state index is -0.265. The van der Waals surface area contributed by atoms with Gasteiger partial charge in [0.1, 0.15) is 5.75 Å². The monoisotopic (exact) mass is 511 g/mol. The van der Waals surface area contributed by atoms with E-state index in [1.165, 1.54) is 0 Å². The fraction of sp³-hybridized carbons (Fsp3) is 0.258. The highest BCUT2D eigenvalue weighted by Crippen LogP contribution is 2.25. The van der Waals surface area contributed by atoms with Crippen molar-refractivity contribution in [2.45, 2.75) is 26.8 Å². The number of amides is 2. The molecule has 2 amide bonds. The van der Waals surface area contributed by atoms with E-state index >= 15 is 0 Å². The summed E-state index contributed by atoms with van der Waals surface area (Å²) >= 11 is 0. The second-order valence-electron chi connectivity index (χ2n) is 9.50. The average Bonchev–Trinajstić information content (AvgIpc) is 3.45. The van der Waals surface area contributed by atoms with Gasteiger partial charge >= 0.3 is 0 Å². The Balaban J connectivity index is 1.38. The minimum Gasteiger partial charge on any atom is -0.497 e. The van der Waals surface area contributed by atoms with Gasteiger partial charge < -0.3 is 19.5 Å². The van der Waals surface area contributed by atoms with Crippen LogP contribution in [-0.4, -0.2) is 42.1 Å². The van der Waals surface area contributed by atoms with Crippen LogP contribution >= 0.6 is 0 Å². The Morgan fingerprint density at radius 1 is 0.947 bits per heavy atom. The molecule has 0 fully saturated rings. The van der Waals surface area contributed by atoms with E-state index in [4.69, 9.17) is 9.26 Å². The van der Waals surface area contributed by atoms with Gasteiger partial charge in [-0.1, -0.05) is 85.7 Å². The van der Waals surface area contributed by atoms with Crippen LogP contribution in [0, 0.1) is 5.92 Å². The molecule has 4 aromatic rings. The zero-order valence-corrected chi connectivity index (χ0v) is 22.0. The number of hydrogen-bond acceptors (Lipinski definition) is 5. The lowest BCUT2D eigenvalue weighted by atomic mass is 10.00. The molecule has 0 radical (unpaired) electrons. The number of ether oxygens (including phenoxy) is 1. The van der Waals surface area contributed by atoms with Crippen molar-refractivity contribution in [3.8, 4) is 28.2 Å². The summed E-state index contributed by atoms with van der Waals surface area (Å²) in [6, 6.07) is 27.1. The number of aromatic nitrogens is 1. The van der Waals surface area contributed by atoms with Gasteiger partial charge in [-0.3, -0.25) is 9.59 Å². The van der Waals surface area contributed by atoms with E-state index in [1.54, 1.807) is 18.1 Å². The number of nitrogens with one attached hydrogen (secondary N) is 1. The maximum Gasteiger partial charge on any atom is 0.276 e. The first kappa shape index (κ1) is 26.7. The lowest BCUT2D eigenvalue weighted by Crippen LogP contribution is -2.37. The Morgan fingerprint density at radius 2 is 1.68 bits per heavy atom. The highest BCUT2D eigenvalue weighted by atomic mass is 16.5. The molecule has 0 aliphatic heterocycles. The first-order chi connectivity index (χ1) is 18.4. The molecule has 0 saturated carbocycles. The molecule has 0 bridgehead atoms. The standard InChI is InChI=1S/C31H33N3O4/c1-22(2)21-34(31(36)28-19-29(38-33-28)24-13-9-14-26(18-24)37-3)17-16-30(35)32-20-25-12-7-8-15-27(25)23-10-5-4-6-11-23/h4-15,18-19,22H,16-17,20-21H2,1-3H3,(H,32,35). The van der Waals surface area contributed by atoms with Crippen molar-refractivity contribution in [3.63, 3.8) is 0 Å². The molecular weight excluding hydrogens is 478 g/mol. The highest BCUT2D eigenvalue weighted by molar-refractivity contribution is 5.93. The first-order valence-corrected chi connectivity index (χ1v) is 12.7.